The van der Waals surface area contributed by atoms with Crippen molar-refractivity contribution in [3.8, 4) is 33.0 Å². The third kappa shape index (κ3) is 5.27. The van der Waals surface area contributed by atoms with Crippen molar-refractivity contribution in [3.63, 3.8) is 0 Å². The number of hydrogen-bond acceptors (Lipinski definition) is 8. The molecule has 3 aromatic rings. The normalized spacial score (nSPS) is 13.5. The first-order valence-corrected chi connectivity index (χ1v) is 12.3. The van der Waals surface area contributed by atoms with E-state index in [2.05, 4.69) is 40.2 Å². The monoisotopic (exact) mass is 475 g/mol. The first kappa shape index (κ1) is 23.9. The number of fused-ring (bicyclic) bond motifs is 1. The molecule has 0 saturated heterocycles. The highest BCUT2D eigenvalue weighted by Crippen LogP contribution is 2.36. The number of nitriles is 1. The largest absolute Gasteiger partial charge is 0.550 e. The number of nitrogens with zero attached hydrogens (tertiary/aromatic N) is 4. The lowest BCUT2D eigenvalue weighted by Crippen LogP contribution is -2.33. The van der Waals surface area contributed by atoms with Gasteiger partial charge in [0.15, 0.2) is 0 Å². The molecule has 0 spiro atoms. The van der Waals surface area contributed by atoms with Crippen molar-refractivity contribution >= 4 is 17.3 Å². The van der Waals surface area contributed by atoms with E-state index >= 15 is 0 Å². The quantitative estimate of drug-likeness (QED) is 0.489. The Bertz CT molecular complexity index is 1250. The van der Waals surface area contributed by atoms with Crippen LogP contribution in [-0.4, -0.2) is 40.3 Å². The van der Waals surface area contributed by atoms with Crippen LogP contribution in [0, 0.1) is 18.3 Å². The number of benzene rings is 2. The lowest BCUT2D eigenvalue weighted by atomic mass is 9.92. The van der Waals surface area contributed by atoms with Crippen LogP contribution in [0.5, 0.6) is 5.75 Å². The van der Waals surface area contributed by atoms with Gasteiger partial charge in [0.25, 0.3) is 0 Å². The Labute approximate surface area is 203 Å². The van der Waals surface area contributed by atoms with E-state index in [1.54, 1.807) is 6.07 Å². The number of carboxylic acids is 1. The molecular weight excluding hydrogens is 448 g/mol. The molecule has 2 aromatic carbocycles. The number of carbonyl (C=O) groups excluding carboxylic acids is 1. The van der Waals surface area contributed by atoms with E-state index in [-0.39, 0.29) is 12.5 Å². The first-order chi connectivity index (χ1) is 16.4. The van der Waals surface area contributed by atoms with Crippen LogP contribution in [-0.2, 0) is 17.8 Å². The lowest BCUT2D eigenvalue weighted by Gasteiger charge is -2.30. The minimum absolute atomic E-state index is 0.00723. The summed E-state index contributed by atoms with van der Waals surface area (Å²) >= 11 is 1.51. The molecule has 2 heterocycles. The number of ether oxygens (including phenoxy) is 1. The smallest absolute Gasteiger partial charge is 0.148 e. The minimum Gasteiger partial charge on any atom is -0.550 e. The number of aliphatic carboxylic acids is 1. The fourth-order valence-electron chi connectivity index (χ4n) is 4.32. The standard InChI is InChI=1S/C26H28N4O3S/c1-16(2)33-23-9-7-18(13-20(23)14-27)25-28-29-26(34-25)22-8-6-19-15-30(11-4-5-24(31)32)12-10-21(19)17(22)3/h6-9,13,16H,4-5,10-12,15H2,1-3H3,(H,31,32)/p-1. The molecule has 7 nitrogen and oxygen atoms in total. The van der Waals surface area contributed by atoms with Gasteiger partial charge in [0.2, 0.25) is 0 Å². The van der Waals surface area contributed by atoms with Crippen LogP contribution in [0.2, 0.25) is 0 Å². The van der Waals surface area contributed by atoms with E-state index in [9.17, 15) is 15.2 Å². The fraction of sp³-hybridized carbons (Fsp3) is 0.385. The highest BCUT2D eigenvalue weighted by Gasteiger charge is 2.21. The molecule has 1 aliphatic rings. The zero-order valence-electron chi connectivity index (χ0n) is 19.6. The number of aromatic nitrogens is 2. The predicted molar refractivity (Wildman–Crippen MR) is 129 cm³/mol. The minimum atomic E-state index is -0.988. The summed E-state index contributed by atoms with van der Waals surface area (Å²) in [5.74, 6) is -0.414. The van der Waals surface area contributed by atoms with Crippen molar-refractivity contribution < 1.29 is 14.6 Å². The van der Waals surface area contributed by atoms with Crippen LogP contribution in [0.4, 0.5) is 0 Å². The number of hydrogen-bond donors (Lipinski definition) is 0. The molecule has 0 radical (unpaired) electrons. The summed E-state index contributed by atoms with van der Waals surface area (Å²) in [6.45, 7) is 8.50. The van der Waals surface area contributed by atoms with Gasteiger partial charge in [-0.2, -0.15) is 5.26 Å². The number of rotatable bonds is 8. The molecule has 1 aliphatic heterocycles. The van der Waals surface area contributed by atoms with Crippen LogP contribution in [0.15, 0.2) is 30.3 Å². The molecule has 8 heteroatoms. The lowest BCUT2D eigenvalue weighted by molar-refractivity contribution is -0.305. The molecule has 0 amide bonds. The Morgan fingerprint density at radius 1 is 1.26 bits per heavy atom. The maximum Gasteiger partial charge on any atom is 0.148 e. The molecule has 0 bridgehead atoms. The summed E-state index contributed by atoms with van der Waals surface area (Å²) < 4.78 is 5.72. The van der Waals surface area contributed by atoms with Crippen LogP contribution in [0.3, 0.4) is 0 Å². The van der Waals surface area contributed by atoms with Crippen molar-refractivity contribution in [3.05, 3.63) is 52.6 Å². The van der Waals surface area contributed by atoms with Gasteiger partial charge in [-0.25, -0.2) is 0 Å². The highest BCUT2D eigenvalue weighted by atomic mass is 32.1. The summed E-state index contributed by atoms with van der Waals surface area (Å²) in [5, 5.41) is 30.7. The Kier molecular flexibility index (Phi) is 7.25. The molecule has 0 atom stereocenters. The van der Waals surface area contributed by atoms with Crippen molar-refractivity contribution in [2.75, 3.05) is 13.1 Å². The Balaban J connectivity index is 1.54. The second-order valence-electron chi connectivity index (χ2n) is 8.78. The summed E-state index contributed by atoms with van der Waals surface area (Å²) in [4.78, 5) is 13.0. The van der Waals surface area contributed by atoms with Crippen LogP contribution < -0.4 is 9.84 Å². The number of carbonyl (C=O) groups is 1. The zero-order valence-corrected chi connectivity index (χ0v) is 20.4. The summed E-state index contributed by atoms with van der Waals surface area (Å²) in [5.41, 5.74) is 6.25. The van der Waals surface area contributed by atoms with Gasteiger partial charge >= 0.3 is 0 Å². The molecule has 0 fully saturated rings. The molecular formula is C26H27N4O3S-. The molecule has 176 valence electrons. The Morgan fingerprint density at radius 2 is 2.06 bits per heavy atom. The predicted octanol–water partition coefficient (Wildman–Crippen LogP) is 3.73. The Hall–Kier alpha value is -3.28. The van der Waals surface area contributed by atoms with Crippen molar-refractivity contribution in [2.24, 2.45) is 0 Å². The SMILES string of the molecule is Cc1c(-c2nnc(-c3ccc(OC(C)C)c(C#N)c3)s2)ccc2c1CCN(CCCC(=O)[O-])C2. The fourth-order valence-corrected chi connectivity index (χ4v) is 5.25. The number of carboxylic acid groups (broad SMARTS) is 1. The average Bonchev–Trinajstić information content (AvgIpc) is 3.29. The Morgan fingerprint density at radius 3 is 2.79 bits per heavy atom. The van der Waals surface area contributed by atoms with Crippen molar-refractivity contribution in [1.29, 1.82) is 5.26 Å². The molecule has 0 aliphatic carbocycles. The van der Waals surface area contributed by atoms with E-state index in [0.29, 0.717) is 17.7 Å². The van der Waals surface area contributed by atoms with Crippen LogP contribution >= 0.6 is 11.3 Å². The second kappa shape index (κ2) is 10.3. The molecule has 34 heavy (non-hydrogen) atoms. The maximum absolute atomic E-state index is 10.7. The second-order valence-corrected chi connectivity index (χ2v) is 9.76. The van der Waals surface area contributed by atoms with Gasteiger partial charge in [-0.3, -0.25) is 4.90 Å². The van der Waals surface area contributed by atoms with Gasteiger partial charge in [-0.1, -0.05) is 23.5 Å². The van der Waals surface area contributed by atoms with Crippen LogP contribution in [0.1, 0.15) is 48.9 Å². The third-order valence-corrected chi connectivity index (χ3v) is 6.99. The first-order valence-electron chi connectivity index (χ1n) is 11.4. The average molecular weight is 476 g/mol. The topological polar surface area (TPSA) is 102 Å². The molecule has 0 saturated carbocycles. The van der Waals surface area contributed by atoms with E-state index in [1.807, 2.05) is 26.0 Å². The van der Waals surface area contributed by atoms with Gasteiger partial charge in [0, 0.05) is 30.2 Å². The van der Waals surface area contributed by atoms with Crippen LogP contribution in [0.25, 0.3) is 21.1 Å². The van der Waals surface area contributed by atoms with Gasteiger partial charge in [-0.05, 0) is 81.5 Å². The van der Waals surface area contributed by atoms with Gasteiger partial charge in [0.05, 0.1) is 11.7 Å². The van der Waals surface area contributed by atoms with E-state index < -0.39 is 5.97 Å². The van der Waals surface area contributed by atoms with E-state index in [4.69, 9.17) is 4.74 Å². The van der Waals surface area contributed by atoms with Gasteiger partial charge in [0.1, 0.15) is 21.8 Å². The summed E-state index contributed by atoms with van der Waals surface area (Å²) in [6.07, 6.45) is 1.63. The maximum atomic E-state index is 10.7. The molecule has 1 aromatic heterocycles. The summed E-state index contributed by atoms with van der Waals surface area (Å²) in [7, 11) is 0. The van der Waals surface area contributed by atoms with E-state index in [1.165, 1.54) is 28.0 Å². The molecule has 4 rings (SSSR count). The van der Waals surface area contributed by atoms with Crippen molar-refractivity contribution in [2.45, 2.75) is 52.7 Å². The zero-order chi connectivity index (χ0) is 24.2. The van der Waals surface area contributed by atoms with Crippen molar-refractivity contribution in [1.82, 2.24) is 15.1 Å². The highest BCUT2D eigenvalue weighted by molar-refractivity contribution is 7.17. The van der Waals surface area contributed by atoms with E-state index in [0.717, 1.165) is 47.2 Å². The molecule has 0 N–H and O–H groups in total. The summed E-state index contributed by atoms with van der Waals surface area (Å²) in [6, 6.07) is 12.0. The van der Waals surface area contributed by atoms with Gasteiger partial charge < -0.3 is 14.6 Å². The third-order valence-electron chi connectivity index (χ3n) is 5.99. The molecule has 0 unspecified atom stereocenters. The van der Waals surface area contributed by atoms with Gasteiger partial charge in [-0.15, -0.1) is 10.2 Å².